The van der Waals surface area contributed by atoms with Crippen LogP contribution in [0.4, 0.5) is 0 Å². The normalized spacial score (nSPS) is 9.29. The number of nitrogens with one attached hydrogen (secondary N) is 3. The molecule has 1 amide bonds. The van der Waals surface area contributed by atoms with Gasteiger partial charge in [-0.3, -0.25) is 15.6 Å². The van der Waals surface area contributed by atoms with Crippen LogP contribution in [0.15, 0.2) is 24.3 Å². The molecule has 0 unspecified atom stereocenters. The van der Waals surface area contributed by atoms with Crippen LogP contribution in [0.25, 0.3) is 0 Å². The Hall–Kier alpha value is -1.82. The molecule has 17 heavy (non-hydrogen) atoms. The molecule has 0 heterocycles. The molecule has 0 aromatic heterocycles. The van der Waals surface area contributed by atoms with Gasteiger partial charge in [-0.05, 0) is 43.4 Å². The zero-order valence-corrected chi connectivity index (χ0v) is 10.6. The number of carbonyl (C=O) groups excluding carboxylic acids is 1. The number of carbonyl (C=O) groups is 1. The van der Waals surface area contributed by atoms with E-state index in [-0.39, 0.29) is 5.91 Å². The third-order valence-electron chi connectivity index (χ3n) is 1.94. The summed E-state index contributed by atoms with van der Waals surface area (Å²) in [6, 6.07) is 6.86. The fourth-order valence-electron chi connectivity index (χ4n) is 1.12. The number of ether oxygens (including phenoxy) is 1. The molecule has 0 atom stereocenters. The van der Waals surface area contributed by atoms with Crippen molar-refractivity contribution in [3.63, 3.8) is 0 Å². The summed E-state index contributed by atoms with van der Waals surface area (Å²) in [7, 11) is 1.67. The average molecular weight is 253 g/mol. The standard InChI is InChI=1S/C11H15N3O2S/c1-3-16-9-6-4-8(5-7-9)10(15)13-14-11(17)12-2/h4-7H,3H2,1-2H3,(H,13,15)(H2,12,14,17). The molecule has 1 aromatic rings. The lowest BCUT2D eigenvalue weighted by atomic mass is 10.2. The number of benzene rings is 1. The van der Waals surface area contributed by atoms with Crippen molar-refractivity contribution < 1.29 is 9.53 Å². The lowest BCUT2D eigenvalue weighted by Crippen LogP contribution is -2.45. The molecule has 1 aromatic carbocycles. The van der Waals surface area contributed by atoms with Gasteiger partial charge in [0.05, 0.1) is 6.61 Å². The summed E-state index contributed by atoms with van der Waals surface area (Å²) >= 11 is 4.82. The first kappa shape index (κ1) is 13.2. The molecule has 1 rings (SSSR count). The first-order valence-corrected chi connectivity index (χ1v) is 5.59. The number of amides is 1. The highest BCUT2D eigenvalue weighted by molar-refractivity contribution is 7.80. The van der Waals surface area contributed by atoms with E-state index in [1.54, 1.807) is 31.3 Å². The van der Waals surface area contributed by atoms with Crippen LogP contribution in [0.5, 0.6) is 5.75 Å². The molecule has 0 spiro atoms. The summed E-state index contributed by atoms with van der Waals surface area (Å²) in [5, 5.41) is 3.03. The number of rotatable bonds is 3. The number of thiocarbonyl (C=S) groups is 1. The van der Waals surface area contributed by atoms with Gasteiger partial charge in [-0.15, -0.1) is 0 Å². The molecular formula is C11H15N3O2S. The van der Waals surface area contributed by atoms with Crippen LogP contribution in [0.1, 0.15) is 17.3 Å². The molecule has 3 N–H and O–H groups in total. The van der Waals surface area contributed by atoms with Crippen LogP contribution in [0.3, 0.4) is 0 Å². The number of hydrazine groups is 1. The van der Waals surface area contributed by atoms with Gasteiger partial charge in [-0.25, -0.2) is 0 Å². The van der Waals surface area contributed by atoms with E-state index in [1.807, 2.05) is 6.92 Å². The Morgan fingerprint density at radius 2 is 1.94 bits per heavy atom. The van der Waals surface area contributed by atoms with Crippen LogP contribution in [0, 0.1) is 0 Å². The maximum Gasteiger partial charge on any atom is 0.269 e. The Kier molecular flexibility index (Phi) is 5.22. The summed E-state index contributed by atoms with van der Waals surface area (Å²) in [6.45, 7) is 2.51. The van der Waals surface area contributed by atoms with Crippen LogP contribution < -0.4 is 20.9 Å². The van der Waals surface area contributed by atoms with E-state index in [0.717, 1.165) is 5.75 Å². The maximum atomic E-state index is 11.6. The fraction of sp³-hybridized carbons (Fsp3) is 0.273. The quantitative estimate of drug-likeness (QED) is 0.550. The van der Waals surface area contributed by atoms with Crippen molar-refractivity contribution >= 4 is 23.2 Å². The summed E-state index contributed by atoms with van der Waals surface area (Å²) in [5.41, 5.74) is 5.56. The molecule has 0 bridgehead atoms. The van der Waals surface area contributed by atoms with Crippen molar-refractivity contribution in [2.45, 2.75) is 6.92 Å². The van der Waals surface area contributed by atoms with Crippen molar-refractivity contribution in [2.75, 3.05) is 13.7 Å². The summed E-state index contributed by atoms with van der Waals surface area (Å²) in [5.74, 6) is 0.480. The highest BCUT2D eigenvalue weighted by Crippen LogP contribution is 2.11. The van der Waals surface area contributed by atoms with Crippen LogP contribution in [-0.2, 0) is 0 Å². The van der Waals surface area contributed by atoms with Crippen molar-refractivity contribution in [1.29, 1.82) is 0 Å². The second kappa shape index (κ2) is 6.70. The lowest BCUT2D eigenvalue weighted by molar-refractivity contribution is 0.0943. The molecule has 0 aliphatic heterocycles. The number of hydrogen-bond acceptors (Lipinski definition) is 3. The van der Waals surface area contributed by atoms with Gasteiger partial charge in [-0.2, -0.15) is 0 Å². The Bertz CT molecular complexity index is 392. The number of hydrogen-bond donors (Lipinski definition) is 3. The minimum Gasteiger partial charge on any atom is -0.494 e. The molecule has 0 radical (unpaired) electrons. The predicted molar refractivity (Wildman–Crippen MR) is 69.9 cm³/mol. The van der Waals surface area contributed by atoms with E-state index >= 15 is 0 Å². The first-order chi connectivity index (χ1) is 8.17. The van der Waals surface area contributed by atoms with E-state index in [0.29, 0.717) is 17.3 Å². The molecule has 6 heteroatoms. The second-order valence-corrected chi connectivity index (χ2v) is 3.52. The monoisotopic (exact) mass is 253 g/mol. The van der Waals surface area contributed by atoms with Crippen molar-refractivity contribution in [3.8, 4) is 5.75 Å². The van der Waals surface area contributed by atoms with E-state index in [9.17, 15) is 4.79 Å². The summed E-state index contributed by atoms with van der Waals surface area (Å²) < 4.78 is 5.28. The van der Waals surface area contributed by atoms with Crippen molar-refractivity contribution in [2.24, 2.45) is 0 Å². The van der Waals surface area contributed by atoms with Gasteiger partial charge in [0.2, 0.25) is 0 Å². The third kappa shape index (κ3) is 4.28. The van der Waals surface area contributed by atoms with Crippen molar-refractivity contribution in [3.05, 3.63) is 29.8 Å². The maximum absolute atomic E-state index is 11.6. The minimum atomic E-state index is -0.259. The van der Waals surface area contributed by atoms with Gasteiger partial charge in [0, 0.05) is 12.6 Å². The highest BCUT2D eigenvalue weighted by Gasteiger charge is 2.05. The van der Waals surface area contributed by atoms with Gasteiger partial charge in [0.25, 0.3) is 5.91 Å². The summed E-state index contributed by atoms with van der Waals surface area (Å²) in [6.07, 6.45) is 0. The molecule has 0 fully saturated rings. The highest BCUT2D eigenvalue weighted by atomic mass is 32.1. The fourth-order valence-corrected chi connectivity index (χ4v) is 1.17. The van der Waals surface area contributed by atoms with E-state index < -0.39 is 0 Å². The van der Waals surface area contributed by atoms with Gasteiger partial charge in [0.1, 0.15) is 5.75 Å². The van der Waals surface area contributed by atoms with Gasteiger partial charge in [-0.1, -0.05) is 0 Å². The Balaban J connectivity index is 2.54. The molecular weight excluding hydrogens is 238 g/mol. The van der Waals surface area contributed by atoms with Gasteiger partial charge < -0.3 is 10.1 Å². The minimum absolute atomic E-state index is 0.259. The van der Waals surface area contributed by atoms with E-state index in [2.05, 4.69) is 16.2 Å². The predicted octanol–water partition coefficient (Wildman–Crippen LogP) is 0.824. The Morgan fingerprint density at radius 3 is 2.47 bits per heavy atom. The van der Waals surface area contributed by atoms with Gasteiger partial charge >= 0.3 is 0 Å². The SMILES string of the molecule is CCOc1ccc(C(=O)NNC(=S)NC)cc1. The molecule has 0 aliphatic rings. The Labute approximate surface area is 106 Å². The van der Waals surface area contributed by atoms with Crippen molar-refractivity contribution in [1.82, 2.24) is 16.2 Å². The largest absolute Gasteiger partial charge is 0.494 e. The molecule has 0 saturated carbocycles. The molecule has 0 aliphatic carbocycles. The van der Waals surface area contributed by atoms with Gasteiger partial charge in [0.15, 0.2) is 5.11 Å². The Morgan fingerprint density at radius 1 is 1.29 bits per heavy atom. The average Bonchev–Trinajstić information content (AvgIpc) is 2.36. The first-order valence-electron chi connectivity index (χ1n) is 5.18. The lowest BCUT2D eigenvalue weighted by Gasteiger charge is -2.09. The van der Waals surface area contributed by atoms with Crippen LogP contribution >= 0.6 is 12.2 Å². The molecule has 5 nitrogen and oxygen atoms in total. The van der Waals surface area contributed by atoms with Crippen LogP contribution in [0.2, 0.25) is 0 Å². The summed E-state index contributed by atoms with van der Waals surface area (Å²) in [4.78, 5) is 11.6. The third-order valence-corrected chi connectivity index (χ3v) is 2.25. The van der Waals surface area contributed by atoms with E-state index in [1.165, 1.54) is 0 Å². The molecule has 0 saturated heterocycles. The van der Waals surface area contributed by atoms with E-state index in [4.69, 9.17) is 17.0 Å². The zero-order chi connectivity index (χ0) is 12.7. The smallest absolute Gasteiger partial charge is 0.269 e. The zero-order valence-electron chi connectivity index (χ0n) is 9.74. The molecule has 92 valence electrons. The topological polar surface area (TPSA) is 62.4 Å². The second-order valence-electron chi connectivity index (χ2n) is 3.12. The van der Waals surface area contributed by atoms with Crippen LogP contribution in [-0.4, -0.2) is 24.7 Å².